The van der Waals surface area contributed by atoms with Crippen LogP contribution in [-0.4, -0.2) is 26.3 Å². The summed E-state index contributed by atoms with van der Waals surface area (Å²) >= 11 is 0. The van der Waals surface area contributed by atoms with Gasteiger partial charge in [0.25, 0.3) is 0 Å². The van der Waals surface area contributed by atoms with Gasteiger partial charge in [0.05, 0.1) is 0 Å². The van der Waals surface area contributed by atoms with Crippen LogP contribution < -0.4 is 5.32 Å². The van der Waals surface area contributed by atoms with Crippen LogP contribution in [0.3, 0.4) is 0 Å². The van der Waals surface area contributed by atoms with Gasteiger partial charge in [0.2, 0.25) is 0 Å². The van der Waals surface area contributed by atoms with Crippen LogP contribution in [0.15, 0.2) is 24.3 Å². The molecule has 0 bridgehead atoms. The molecule has 0 radical (unpaired) electrons. The largest absolute Gasteiger partial charge is 0.384 e. The van der Waals surface area contributed by atoms with Gasteiger partial charge in [0.1, 0.15) is 0 Å². The molecule has 1 aromatic carbocycles. The van der Waals surface area contributed by atoms with Crippen LogP contribution in [0.5, 0.6) is 0 Å². The molecule has 0 amide bonds. The van der Waals surface area contributed by atoms with E-state index in [0.29, 0.717) is 17.9 Å². The fourth-order valence-corrected chi connectivity index (χ4v) is 2.38. The molecule has 108 valence electrons. The van der Waals surface area contributed by atoms with E-state index in [1.54, 1.807) is 7.11 Å². The summed E-state index contributed by atoms with van der Waals surface area (Å²) in [5.74, 6) is 1.18. The Morgan fingerprint density at radius 3 is 2.42 bits per heavy atom. The maximum atomic E-state index is 5.33. The molecule has 0 spiro atoms. The predicted octanol–water partition coefficient (Wildman–Crippen LogP) is 3.43. The second kappa shape index (κ2) is 8.34. The highest BCUT2D eigenvalue weighted by Crippen LogP contribution is 2.20. The van der Waals surface area contributed by atoms with Crippen molar-refractivity contribution in [3.05, 3.63) is 35.4 Å². The van der Waals surface area contributed by atoms with Crippen molar-refractivity contribution in [1.82, 2.24) is 5.32 Å². The minimum atomic E-state index is 0.536. The van der Waals surface area contributed by atoms with Crippen molar-refractivity contribution in [3.8, 4) is 0 Å². The molecule has 2 heteroatoms. The van der Waals surface area contributed by atoms with E-state index in [9.17, 15) is 0 Å². The number of nitrogens with one attached hydrogen (secondary N) is 1. The summed E-state index contributed by atoms with van der Waals surface area (Å²) in [6.45, 7) is 10.8. The molecule has 1 N–H and O–H groups in total. The van der Waals surface area contributed by atoms with Gasteiger partial charge in [-0.15, -0.1) is 0 Å². The van der Waals surface area contributed by atoms with E-state index >= 15 is 0 Å². The molecule has 2 nitrogen and oxygen atoms in total. The topological polar surface area (TPSA) is 21.3 Å². The van der Waals surface area contributed by atoms with E-state index in [1.165, 1.54) is 11.1 Å². The number of methoxy groups -OCH3 is 1. The summed E-state index contributed by atoms with van der Waals surface area (Å²) in [6, 6.07) is 9.23. The fourth-order valence-electron chi connectivity index (χ4n) is 2.38. The summed E-state index contributed by atoms with van der Waals surface area (Å²) in [4.78, 5) is 0. The third kappa shape index (κ3) is 5.75. The Balaban J connectivity index is 2.70. The van der Waals surface area contributed by atoms with E-state index in [0.717, 1.165) is 19.6 Å². The van der Waals surface area contributed by atoms with Crippen molar-refractivity contribution in [2.24, 2.45) is 11.8 Å². The van der Waals surface area contributed by atoms with Gasteiger partial charge in [-0.2, -0.15) is 0 Å². The molecule has 19 heavy (non-hydrogen) atoms. The molecule has 2 atom stereocenters. The molecular weight excluding hydrogens is 234 g/mol. The highest BCUT2D eigenvalue weighted by Gasteiger charge is 2.18. The Morgan fingerprint density at radius 1 is 1.16 bits per heavy atom. The van der Waals surface area contributed by atoms with E-state index in [-0.39, 0.29) is 0 Å². The van der Waals surface area contributed by atoms with Crippen LogP contribution in [-0.2, 0) is 11.2 Å². The monoisotopic (exact) mass is 263 g/mol. The smallest absolute Gasteiger partial charge is 0.0491 e. The van der Waals surface area contributed by atoms with Gasteiger partial charge in [0, 0.05) is 19.8 Å². The molecule has 0 aliphatic heterocycles. The van der Waals surface area contributed by atoms with Crippen LogP contribution in [0.4, 0.5) is 0 Å². The predicted molar refractivity (Wildman–Crippen MR) is 82.6 cm³/mol. The van der Waals surface area contributed by atoms with E-state index < -0.39 is 0 Å². The van der Waals surface area contributed by atoms with Gasteiger partial charge < -0.3 is 10.1 Å². The van der Waals surface area contributed by atoms with Gasteiger partial charge in [-0.05, 0) is 42.9 Å². The second-order valence-corrected chi connectivity index (χ2v) is 5.89. The average Bonchev–Trinajstić information content (AvgIpc) is 2.36. The summed E-state index contributed by atoms with van der Waals surface area (Å²) in [6.07, 6.45) is 1.12. The first kappa shape index (κ1) is 16.2. The average molecular weight is 263 g/mol. The molecule has 1 rings (SSSR count). The van der Waals surface area contributed by atoms with Gasteiger partial charge in [-0.3, -0.25) is 0 Å². The van der Waals surface area contributed by atoms with Crippen LogP contribution in [0.2, 0.25) is 0 Å². The number of hydrogen-bond donors (Lipinski definition) is 1. The second-order valence-electron chi connectivity index (χ2n) is 5.89. The summed E-state index contributed by atoms with van der Waals surface area (Å²) in [5.41, 5.74) is 2.85. The third-order valence-corrected chi connectivity index (χ3v) is 3.77. The van der Waals surface area contributed by atoms with Crippen molar-refractivity contribution in [2.75, 3.05) is 20.3 Å². The Bertz CT molecular complexity index is 362. The van der Waals surface area contributed by atoms with Crippen molar-refractivity contribution in [2.45, 2.75) is 40.2 Å². The molecule has 1 aromatic rings. The van der Waals surface area contributed by atoms with Crippen LogP contribution in [0.1, 0.15) is 31.9 Å². The highest BCUT2D eigenvalue weighted by molar-refractivity contribution is 5.26. The minimum Gasteiger partial charge on any atom is -0.384 e. The first-order chi connectivity index (χ1) is 9.04. The van der Waals surface area contributed by atoms with Crippen molar-refractivity contribution in [1.29, 1.82) is 0 Å². The van der Waals surface area contributed by atoms with Crippen molar-refractivity contribution in [3.63, 3.8) is 0 Å². The Morgan fingerprint density at radius 2 is 1.84 bits per heavy atom. The lowest BCUT2D eigenvalue weighted by molar-refractivity contribution is 0.127. The zero-order valence-electron chi connectivity index (χ0n) is 13.1. The molecule has 0 aromatic heterocycles. The first-order valence-corrected chi connectivity index (χ1v) is 7.31. The number of aryl methyl sites for hydroxylation is 1. The maximum Gasteiger partial charge on any atom is 0.0491 e. The summed E-state index contributed by atoms with van der Waals surface area (Å²) in [7, 11) is 1.79. The Hall–Kier alpha value is -0.860. The number of rotatable bonds is 8. The highest BCUT2D eigenvalue weighted by atomic mass is 16.5. The van der Waals surface area contributed by atoms with Gasteiger partial charge in [-0.25, -0.2) is 0 Å². The van der Waals surface area contributed by atoms with E-state index in [2.05, 4.69) is 57.3 Å². The van der Waals surface area contributed by atoms with Crippen LogP contribution in [0, 0.1) is 18.8 Å². The summed E-state index contributed by atoms with van der Waals surface area (Å²) in [5, 5.41) is 3.57. The number of ether oxygens (including phenoxy) is 1. The third-order valence-electron chi connectivity index (χ3n) is 3.77. The van der Waals surface area contributed by atoms with Crippen molar-refractivity contribution < 1.29 is 4.74 Å². The maximum absolute atomic E-state index is 5.33. The van der Waals surface area contributed by atoms with Crippen LogP contribution >= 0.6 is 0 Å². The SMILES string of the molecule is COCC(C)C(CNC(C)C)Cc1ccccc1C. The Kier molecular flexibility index (Phi) is 7.11. The number of benzene rings is 1. The molecular formula is C17H29NO. The van der Waals surface area contributed by atoms with E-state index in [1.807, 2.05) is 0 Å². The fraction of sp³-hybridized carbons (Fsp3) is 0.647. The first-order valence-electron chi connectivity index (χ1n) is 7.31. The molecule has 2 unspecified atom stereocenters. The van der Waals surface area contributed by atoms with E-state index in [4.69, 9.17) is 4.74 Å². The quantitative estimate of drug-likeness (QED) is 0.776. The van der Waals surface area contributed by atoms with Crippen molar-refractivity contribution >= 4 is 0 Å². The zero-order chi connectivity index (χ0) is 14.3. The molecule has 0 aliphatic carbocycles. The van der Waals surface area contributed by atoms with Crippen LogP contribution in [0.25, 0.3) is 0 Å². The Labute approximate surface area is 118 Å². The lowest BCUT2D eigenvalue weighted by atomic mass is 9.87. The molecule has 0 saturated carbocycles. The normalized spacial score (nSPS) is 14.6. The van der Waals surface area contributed by atoms with Gasteiger partial charge >= 0.3 is 0 Å². The minimum absolute atomic E-state index is 0.536. The summed E-state index contributed by atoms with van der Waals surface area (Å²) < 4.78 is 5.33. The zero-order valence-corrected chi connectivity index (χ0v) is 13.1. The van der Waals surface area contributed by atoms with Gasteiger partial charge in [-0.1, -0.05) is 45.0 Å². The molecule has 0 saturated heterocycles. The van der Waals surface area contributed by atoms with Gasteiger partial charge in [0.15, 0.2) is 0 Å². The number of hydrogen-bond acceptors (Lipinski definition) is 2. The standard InChI is InChI=1S/C17H29NO/c1-13(2)18-11-17(15(4)12-19-5)10-16-9-7-6-8-14(16)3/h6-9,13,15,17-18H,10-12H2,1-5H3. The lowest BCUT2D eigenvalue weighted by Gasteiger charge is -2.25. The lowest BCUT2D eigenvalue weighted by Crippen LogP contribution is -2.34. The molecule has 0 fully saturated rings. The molecule has 0 heterocycles. The molecule has 0 aliphatic rings.